The number of hydrogen-bond acceptors (Lipinski definition) is 5. The summed E-state index contributed by atoms with van der Waals surface area (Å²) in [6.45, 7) is 1.86. The molecule has 2 aromatic rings. The molecule has 0 saturated heterocycles. The number of nitrogens with one attached hydrogen (secondary N) is 2. The van der Waals surface area contributed by atoms with Crippen LogP contribution in [0, 0.1) is 6.92 Å². The third-order valence-corrected chi connectivity index (χ3v) is 7.83. The van der Waals surface area contributed by atoms with Gasteiger partial charge in [0.1, 0.15) is 11.8 Å². The largest absolute Gasteiger partial charge is 0.497 e. The van der Waals surface area contributed by atoms with Crippen molar-refractivity contribution in [2.45, 2.75) is 49.6 Å². The van der Waals surface area contributed by atoms with Gasteiger partial charge in [-0.2, -0.15) is 0 Å². The van der Waals surface area contributed by atoms with E-state index >= 15 is 0 Å². The molecule has 2 N–H and O–H groups in total. The van der Waals surface area contributed by atoms with Crippen LogP contribution in [0.3, 0.4) is 0 Å². The summed E-state index contributed by atoms with van der Waals surface area (Å²) < 4.78 is 32.7. The van der Waals surface area contributed by atoms with E-state index in [4.69, 9.17) is 4.74 Å². The Morgan fingerprint density at radius 2 is 1.97 bits per heavy atom. The minimum Gasteiger partial charge on any atom is -0.497 e. The van der Waals surface area contributed by atoms with Crippen molar-refractivity contribution in [3.8, 4) is 5.75 Å². The van der Waals surface area contributed by atoms with Gasteiger partial charge in [0, 0.05) is 12.4 Å². The Morgan fingerprint density at radius 3 is 2.70 bits per heavy atom. The van der Waals surface area contributed by atoms with Gasteiger partial charge in [-0.1, -0.05) is 23.8 Å². The number of hydrogen-bond donors (Lipinski definition) is 2. The van der Waals surface area contributed by atoms with E-state index < -0.39 is 22.0 Å². The zero-order chi connectivity index (χ0) is 23.6. The number of nitrogens with zero attached hydrogens (tertiary/aromatic N) is 1. The van der Waals surface area contributed by atoms with E-state index in [0.717, 1.165) is 46.0 Å². The van der Waals surface area contributed by atoms with Gasteiger partial charge in [0.25, 0.3) is 10.0 Å². The maximum Gasteiger partial charge on any atom is 0.264 e. The minimum absolute atomic E-state index is 0.0630. The Labute approximate surface area is 193 Å². The van der Waals surface area contributed by atoms with Crippen LogP contribution < -0.4 is 15.4 Å². The summed E-state index contributed by atoms with van der Waals surface area (Å²) in [4.78, 5) is 25.6. The lowest BCUT2D eigenvalue weighted by Gasteiger charge is -2.32. The molecule has 0 saturated carbocycles. The summed E-state index contributed by atoms with van der Waals surface area (Å²) in [6, 6.07) is 10.8. The quantitative estimate of drug-likeness (QED) is 0.677. The van der Waals surface area contributed by atoms with Gasteiger partial charge in [-0.3, -0.25) is 13.9 Å². The van der Waals surface area contributed by atoms with E-state index in [1.807, 2.05) is 25.1 Å². The molecule has 0 fully saturated rings. The Bertz CT molecular complexity index is 1190. The van der Waals surface area contributed by atoms with Crippen LogP contribution in [0.4, 0.5) is 0 Å². The van der Waals surface area contributed by atoms with Gasteiger partial charge < -0.3 is 15.4 Å². The van der Waals surface area contributed by atoms with Gasteiger partial charge in [-0.25, -0.2) is 8.42 Å². The Balaban J connectivity index is 1.52. The van der Waals surface area contributed by atoms with Crippen molar-refractivity contribution in [3.05, 3.63) is 71.6 Å². The van der Waals surface area contributed by atoms with Crippen molar-refractivity contribution < 1.29 is 22.7 Å². The Morgan fingerprint density at radius 1 is 1.21 bits per heavy atom. The average molecular weight is 470 g/mol. The second-order valence-electron chi connectivity index (χ2n) is 8.27. The first kappa shape index (κ1) is 22.8. The summed E-state index contributed by atoms with van der Waals surface area (Å²) >= 11 is 0. The smallest absolute Gasteiger partial charge is 0.264 e. The van der Waals surface area contributed by atoms with E-state index in [1.165, 1.54) is 24.5 Å². The van der Waals surface area contributed by atoms with Crippen molar-refractivity contribution in [1.29, 1.82) is 0 Å². The number of carbonyl (C=O) groups is 2. The van der Waals surface area contributed by atoms with E-state index in [0.29, 0.717) is 0 Å². The molecule has 2 atom stereocenters. The SMILES string of the molecule is COc1ccc2c(c1)CCCC2NC(=O)C[C@@H]1C(=O)NC=CN1S(=O)(=O)c1ccc(C)cc1. The third-order valence-electron chi connectivity index (χ3n) is 6.03. The fraction of sp³-hybridized carbons (Fsp3) is 0.333. The number of ether oxygens (including phenoxy) is 1. The molecule has 174 valence electrons. The molecule has 1 unspecified atom stereocenters. The van der Waals surface area contributed by atoms with Crippen LogP contribution in [0.1, 0.15) is 42.0 Å². The summed E-state index contributed by atoms with van der Waals surface area (Å²) in [5.41, 5.74) is 3.06. The normalized spacial score (nSPS) is 20.1. The molecular formula is C24H27N3O5S. The van der Waals surface area contributed by atoms with Crippen LogP contribution in [-0.2, 0) is 26.0 Å². The van der Waals surface area contributed by atoms with E-state index in [9.17, 15) is 18.0 Å². The molecular weight excluding hydrogens is 442 g/mol. The van der Waals surface area contributed by atoms with Crippen molar-refractivity contribution in [2.24, 2.45) is 0 Å². The lowest BCUT2D eigenvalue weighted by Crippen LogP contribution is -2.51. The minimum atomic E-state index is -4.00. The zero-order valence-electron chi connectivity index (χ0n) is 18.6. The van der Waals surface area contributed by atoms with Crippen molar-refractivity contribution in [2.75, 3.05) is 7.11 Å². The maximum atomic E-state index is 13.2. The topological polar surface area (TPSA) is 105 Å². The molecule has 0 spiro atoms. The molecule has 9 heteroatoms. The van der Waals surface area contributed by atoms with E-state index in [-0.39, 0.29) is 23.3 Å². The number of sulfonamides is 1. The first-order valence-electron chi connectivity index (χ1n) is 10.8. The zero-order valence-corrected chi connectivity index (χ0v) is 19.4. The molecule has 2 amide bonds. The number of aryl methyl sites for hydroxylation is 2. The lowest BCUT2D eigenvalue weighted by atomic mass is 9.87. The number of fused-ring (bicyclic) bond motifs is 1. The number of carbonyl (C=O) groups excluding carboxylic acids is 2. The number of amides is 2. The molecule has 0 radical (unpaired) electrons. The standard InChI is InChI=1S/C24H27N3O5S/c1-16-6-9-19(10-7-16)33(30,31)27-13-12-25-24(29)22(27)15-23(28)26-21-5-3-4-17-14-18(32-2)8-11-20(17)21/h6-14,21-22H,3-5,15H2,1-2H3,(H,25,29)(H,26,28)/t21?,22-/m1/s1. The highest BCUT2D eigenvalue weighted by atomic mass is 32.2. The molecule has 2 aliphatic rings. The molecule has 1 aliphatic carbocycles. The molecule has 1 aliphatic heterocycles. The molecule has 33 heavy (non-hydrogen) atoms. The summed E-state index contributed by atoms with van der Waals surface area (Å²) in [5, 5.41) is 5.51. The lowest BCUT2D eigenvalue weighted by molar-refractivity contribution is -0.129. The number of methoxy groups -OCH3 is 1. The number of benzene rings is 2. The maximum absolute atomic E-state index is 13.2. The average Bonchev–Trinajstić information content (AvgIpc) is 2.80. The van der Waals surface area contributed by atoms with Gasteiger partial charge in [0.05, 0.1) is 24.5 Å². The second-order valence-corrected chi connectivity index (χ2v) is 10.1. The van der Waals surface area contributed by atoms with E-state index in [2.05, 4.69) is 10.6 Å². The van der Waals surface area contributed by atoms with Crippen LogP contribution >= 0.6 is 0 Å². The fourth-order valence-corrected chi connectivity index (χ4v) is 5.72. The molecule has 4 rings (SSSR count). The third kappa shape index (κ3) is 4.73. The van der Waals surface area contributed by atoms with Crippen molar-refractivity contribution in [3.63, 3.8) is 0 Å². The van der Waals surface area contributed by atoms with Crippen LogP contribution in [0.15, 0.2) is 59.8 Å². The Hall–Kier alpha value is -3.33. The van der Waals surface area contributed by atoms with Crippen molar-refractivity contribution in [1.82, 2.24) is 14.9 Å². The fourth-order valence-electron chi connectivity index (χ4n) is 4.27. The van der Waals surface area contributed by atoms with Gasteiger partial charge in [-0.15, -0.1) is 0 Å². The molecule has 8 nitrogen and oxygen atoms in total. The highest BCUT2D eigenvalue weighted by Crippen LogP contribution is 2.32. The van der Waals surface area contributed by atoms with E-state index in [1.54, 1.807) is 19.2 Å². The van der Waals surface area contributed by atoms with Crippen LogP contribution in [0.5, 0.6) is 5.75 Å². The molecule has 0 aromatic heterocycles. The summed E-state index contributed by atoms with van der Waals surface area (Å²) in [5.74, 6) is -0.163. The first-order valence-corrected chi connectivity index (χ1v) is 12.3. The Kier molecular flexibility index (Phi) is 6.42. The van der Waals surface area contributed by atoms with Crippen LogP contribution in [-0.4, -0.2) is 37.7 Å². The van der Waals surface area contributed by atoms with Gasteiger partial charge in [0.2, 0.25) is 11.8 Å². The second kappa shape index (κ2) is 9.27. The van der Waals surface area contributed by atoms with Crippen LogP contribution in [0.2, 0.25) is 0 Å². The predicted octanol–water partition coefficient (Wildman–Crippen LogP) is 2.55. The molecule has 1 heterocycles. The predicted molar refractivity (Wildman–Crippen MR) is 123 cm³/mol. The highest BCUT2D eigenvalue weighted by Gasteiger charge is 2.37. The van der Waals surface area contributed by atoms with Gasteiger partial charge in [-0.05, 0) is 61.6 Å². The van der Waals surface area contributed by atoms with Gasteiger partial charge in [0.15, 0.2) is 0 Å². The summed E-state index contributed by atoms with van der Waals surface area (Å²) in [7, 11) is -2.39. The van der Waals surface area contributed by atoms with Gasteiger partial charge >= 0.3 is 0 Å². The van der Waals surface area contributed by atoms with Crippen LogP contribution in [0.25, 0.3) is 0 Å². The summed E-state index contributed by atoms with van der Waals surface area (Å²) in [6.07, 6.45) is 4.85. The van der Waals surface area contributed by atoms with Crippen molar-refractivity contribution >= 4 is 21.8 Å². The molecule has 0 bridgehead atoms. The first-order chi connectivity index (χ1) is 15.8. The number of rotatable bonds is 6. The monoisotopic (exact) mass is 469 g/mol. The highest BCUT2D eigenvalue weighted by molar-refractivity contribution is 7.89. The molecule has 2 aromatic carbocycles.